The van der Waals surface area contributed by atoms with Crippen molar-refractivity contribution in [3.05, 3.63) is 65.8 Å². The summed E-state index contributed by atoms with van der Waals surface area (Å²) in [5, 5.41) is 9.01. The number of ether oxygens (including phenoxy) is 1. The van der Waals surface area contributed by atoms with Crippen molar-refractivity contribution in [1.29, 1.82) is 0 Å². The van der Waals surface area contributed by atoms with E-state index in [9.17, 15) is 13.2 Å². The first kappa shape index (κ1) is 22.9. The maximum atomic E-state index is 12.6. The van der Waals surface area contributed by atoms with Gasteiger partial charge in [0.25, 0.3) is 0 Å². The number of aromatic nitrogens is 3. The fourth-order valence-electron chi connectivity index (χ4n) is 2.59. The van der Waals surface area contributed by atoms with E-state index >= 15 is 0 Å². The molecule has 0 radical (unpaired) electrons. The van der Waals surface area contributed by atoms with Gasteiger partial charge in [0.1, 0.15) is 11.5 Å². The molecule has 0 saturated carbocycles. The lowest BCUT2D eigenvalue weighted by Gasteiger charge is -2.12. The van der Waals surface area contributed by atoms with Gasteiger partial charge in [-0.15, -0.1) is 0 Å². The summed E-state index contributed by atoms with van der Waals surface area (Å²) in [5.74, 6) is 1.41. The predicted octanol–water partition coefficient (Wildman–Crippen LogP) is 4.69. The van der Waals surface area contributed by atoms with Crippen LogP contribution in [-0.2, 0) is 13.1 Å². The molecule has 0 aliphatic carbocycles. The summed E-state index contributed by atoms with van der Waals surface area (Å²) >= 11 is 0. The van der Waals surface area contributed by atoms with Crippen molar-refractivity contribution in [3.63, 3.8) is 0 Å². The van der Waals surface area contributed by atoms with Crippen LogP contribution in [0.2, 0.25) is 0 Å². The van der Waals surface area contributed by atoms with E-state index in [0.29, 0.717) is 18.0 Å². The highest BCUT2D eigenvalue weighted by atomic mass is 19.4. The molecule has 0 atom stereocenters. The van der Waals surface area contributed by atoms with Gasteiger partial charge in [0, 0.05) is 17.9 Å². The molecule has 0 saturated heterocycles. The molecular weight excluding hydrogens is 425 g/mol. The molecule has 0 spiro atoms. The standard InChI is InChI=1S/C21H23F3N6O2/c1-13(2)25-10-15-5-4-6-16(9-15)27-19-28-18(26-11-17-8-7-14(3)32-17)29-20(30-19)31-12-21(22,23)24/h4-9,25H,1,10-12H2,2-3H3,(H2,26,27,28,29,30). The van der Waals surface area contributed by atoms with Crippen LogP contribution in [0.1, 0.15) is 24.0 Å². The summed E-state index contributed by atoms with van der Waals surface area (Å²) in [7, 11) is 0. The lowest BCUT2D eigenvalue weighted by atomic mass is 10.2. The Hall–Kier alpha value is -3.76. The number of halogens is 3. The molecule has 11 heteroatoms. The molecule has 0 aliphatic heterocycles. The second kappa shape index (κ2) is 10.0. The summed E-state index contributed by atoms with van der Waals surface area (Å²) in [6.45, 7) is 6.73. The van der Waals surface area contributed by atoms with E-state index in [1.54, 1.807) is 25.1 Å². The molecule has 0 amide bonds. The molecule has 2 heterocycles. The Morgan fingerprint density at radius 1 is 1.09 bits per heavy atom. The van der Waals surface area contributed by atoms with Gasteiger partial charge in [-0.25, -0.2) is 0 Å². The molecule has 2 aromatic heterocycles. The molecule has 0 fully saturated rings. The van der Waals surface area contributed by atoms with Crippen molar-refractivity contribution in [2.24, 2.45) is 0 Å². The molecule has 3 rings (SSSR count). The summed E-state index contributed by atoms with van der Waals surface area (Å²) in [6, 6.07) is 10.5. The molecule has 0 unspecified atom stereocenters. The van der Waals surface area contributed by atoms with Crippen molar-refractivity contribution in [2.75, 3.05) is 17.2 Å². The number of hydrogen-bond donors (Lipinski definition) is 3. The zero-order valence-electron chi connectivity index (χ0n) is 17.6. The quantitative estimate of drug-likeness (QED) is 0.411. The second-order valence-corrected chi connectivity index (χ2v) is 6.99. The fourth-order valence-corrected chi connectivity index (χ4v) is 2.59. The van der Waals surface area contributed by atoms with Crippen molar-refractivity contribution in [2.45, 2.75) is 33.1 Å². The van der Waals surface area contributed by atoms with E-state index in [4.69, 9.17) is 9.15 Å². The average molecular weight is 448 g/mol. The first-order valence-corrected chi connectivity index (χ1v) is 9.66. The number of nitrogens with one attached hydrogen (secondary N) is 3. The van der Waals surface area contributed by atoms with Gasteiger partial charge < -0.3 is 25.1 Å². The van der Waals surface area contributed by atoms with Crippen LogP contribution in [0.15, 0.2) is 53.1 Å². The molecular formula is C21H23F3N6O2. The maximum absolute atomic E-state index is 12.6. The van der Waals surface area contributed by atoms with E-state index in [0.717, 1.165) is 17.0 Å². The Morgan fingerprint density at radius 2 is 1.88 bits per heavy atom. The van der Waals surface area contributed by atoms with Crippen LogP contribution in [0.5, 0.6) is 6.01 Å². The number of anilines is 3. The molecule has 3 aromatic rings. The van der Waals surface area contributed by atoms with Gasteiger partial charge in [-0.2, -0.15) is 28.1 Å². The number of alkyl halides is 3. The summed E-state index contributed by atoms with van der Waals surface area (Å²) in [6.07, 6.45) is -4.52. The van der Waals surface area contributed by atoms with Gasteiger partial charge in [0.05, 0.1) is 6.54 Å². The molecule has 32 heavy (non-hydrogen) atoms. The van der Waals surface area contributed by atoms with E-state index in [1.807, 2.05) is 25.1 Å². The van der Waals surface area contributed by atoms with E-state index in [2.05, 4.69) is 37.5 Å². The van der Waals surface area contributed by atoms with Crippen molar-refractivity contribution in [1.82, 2.24) is 20.3 Å². The van der Waals surface area contributed by atoms with Gasteiger partial charge in [0.2, 0.25) is 11.9 Å². The third kappa shape index (κ3) is 7.49. The molecule has 3 N–H and O–H groups in total. The lowest BCUT2D eigenvalue weighted by Crippen LogP contribution is -2.21. The van der Waals surface area contributed by atoms with Gasteiger partial charge >= 0.3 is 12.2 Å². The Balaban J connectivity index is 1.78. The minimum atomic E-state index is -4.52. The number of nitrogens with zero attached hydrogens (tertiary/aromatic N) is 3. The molecule has 0 aliphatic rings. The molecule has 170 valence electrons. The van der Waals surface area contributed by atoms with Gasteiger partial charge in [-0.05, 0) is 43.7 Å². The van der Waals surface area contributed by atoms with E-state index in [-0.39, 0.29) is 18.4 Å². The fraction of sp³-hybridized carbons (Fsp3) is 0.286. The lowest BCUT2D eigenvalue weighted by molar-refractivity contribution is -0.154. The number of rotatable bonds is 10. The maximum Gasteiger partial charge on any atom is 0.422 e. The highest BCUT2D eigenvalue weighted by Gasteiger charge is 2.29. The number of benzene rings is 1. The topological polar surface area (TPSA) is 97.1 Å². The molecule has 1 aromatic carbocycles. The normalized spacial score (nSPS) is 11.2. The SMILES string of the molecule is C=C(C)NCc1cccc(Nc2nc(NCc3ccc(C)o3)nc(OCC(F)(F)F)n2)c1. The van der Waals surface area contributed by atoms with E-state index < -0.39 is 18.8 Å². The van der Waals surface area contributed by atoms with Crippen LogP contribution in [0.25, 0.3) is 0 Å². The number of allylic oxidation sites excluding steroid dienone is 1. The third-order valence-electron chi connectivity index (χ3n) is 3.97. The predicted molar refractivity (Wildman–Crippen MR) is 114 cm³/mol. The summed E-state index contributed by atoms with van der Waals surface area (Å²) < 4.78 is 47.9. The van der Waals surface area contributed by atoms with Crippen molar-refractivity contribution in [3.8, 4) is 6.01 Å². The third-order valence-corrected chi connectivity index (χ3v) is 3.97. The molecule has 8 nitrogen and oxygen atoms in total. The Labute approximate surface area is 182 Å². The first-order chi connectivity index (χ1) is 15.2. The van der Waals surface area contributed by atoms with Crippen molar-refractivity contribution < 1.29 is 22.3 Å². The van der Waals surface area contributed by atoms with Gasteiger partial charge in [-0.3, -0.25) is 0 Å². The van der Waals surface area contributed by atoms with Crippen LogP contribution in [0.3, 0.4) is 0 Å². The second-order valence-electron chi connectivity index (χ2n) is 6.99. The van der Waals surface area contributed by atoms with Crippen LogP contribution in [-0.4, -0.2) is 27.7 Å². The minimum Gasteiger partial charge on any atom is -0.465 e. The van der Waals surface area contributed by atoms with Crippen LogP contribution < -0.4 is 20.7 Å². The number of hydrogen-bond acceptors (Lipinski definition) is 8. The van der Waals surface area contributed by atoms with Gasteiger partial charge in [0.15, 0.2) is 6.61 Å². The largest absolute Gasteiger partial charge is 0.465 e. The summed E-state index contributed by atoms with van der Waals surface area (Å²) in [5.41, 5.74) is 2.44. The van der Waals surface area contributed by atoms with Crippen molar-refractivity contribution >= 4 is 17.6 Å². The van der Waals surface area contributed by atoms with Crippen LogP contribution in [0, 0.1) is 6.92 Å². The highest BCUT2D eigenvalue weighted by molar-refractivity contribution is 5.55. The van der Waals surface area contributed by atoms with E-state index in [1.165, 1.54) is 0 Å². The zero-order valence-corrected chi connectivity index (χ0v) is 17.6. The highest BCUT2D eigenvalue weighted by Crippen LogP contribution is 2.21. The Bertz CT molecular complexity index is 1070. The average Bonchev–Trinajstić information content (AvgIpc) is 3.14. The first-order valence-electron chi connectivity index (χ1n) is 9.66. The molecule has 0 bridgehead atoms. The summed E-state index contributed by atoms with van der Waals surface area (Å²) in [4.78, 5) is 12.1. The number of aryl methyl sites for hydroxylation is 1. The monoisotopic (exact) mass is 448 g/mol. The zero-order chi connectivity index (χ0) is 23.1. The van der Waals surface area contributed by atoms with Crippen LogP contribution >= 0.6 is 0 Å². The van der Waals surface area contributed by atoms with Crippen LogP contribution in [0.4, 0.5) is 30.8 Å². The number of furan rings is 1. The minimum absolute atomic E-state index is 0.0281. The Kier molecular flexibility index (Phi) is 7.18. The smallest absolute Gasteiger partial charge is 0.422 e. The Morgan fingerprint density at radius 3 is 2.56 bits per heavy atom. The van der Waals surface area contributed by atoms with Gasteiger partial charge in [-0.1, -0.05) is 18.7 Å².